The molecule has 17 heavy (non-hydrogen) atoms. The molecule has 0 fully saturated rings. The normalized spacial score (nSPS) is 11.1. The number of nitro groups is 1. The van der Waals surface area contributed by atoms with Gasteiger partial charge in [-0.2, -0.15) is 0 Å². The molecule has 0 spiro atoms. The number of hydrogen-bond acceptors (Lipinski definition) is 5. The zero-order chi connectivity index (χ0) is 13.0. The average Bonchev–Trinajstić information content (AvgIpc) is 2.31. The van der Waals surface area contributed by atoms with Crippen LogP contribution in [0.15, 0.2) is 17.3 Å². The molecule has 1 aromatic carbocycles. The molecule has 7 heteroatoms. The van der Waals surface area contributed by atoms with Gasteiger partial charge in [0, 0.05) is 17.7 Å². The van der Waals surface area contributed by atoms with E-state index in [2.05, 4.69) is 0 Å². The van der Waals surface area contributed by atoms with Gasteiger partial charge in [0.25, 0.3) is 0 Å². The molecule has 0 heterocycles. The Morgan fingerprint density at radius 3 is 2.59 bits per heavy atom. The second-order valence-electron chi connectivity index (χ2n) is 2.99. The Hall–Kier alpha value is -1.95. The number of ether oxygens (including phenoxy) is 2. The summed E-state index contributed by atoms with van der Waals surface area (Å²) >= 11 is 5.38. The van der Waals surface area contributed by atoms with E-state index >= 15 is 0 Å². The molecule has 0 aliphatic carbocycles. The average molecular weight is 260 g/mol. The van der Waals surface area contributed by atoms with Crippen LogP contribution in [0, 0.1) is 10.1 Å². The van der Waals surface area contributed by atoms with E-state index in [-0.39, 0.29) is 17.1 Å². The van der Waals surface area contributed by atoms with Gasteiger partial charge in [0.1, 0.15) is 5.75 Å². The second kappa shape index (κ2) is 5.40. The molecule has 0 bridgehead atoms. The minimum atomic E-state index is -0.771. The third-order valence-electron chi connectivity index (χ3n) is 1.98. The Morgan fingerprint density at radius 2 is 2.12 bits per heavy atom. The molecule has 0 unspecified atom stereocenters. The first kappa shape index (κ1) is 13.1. The number of phenolic OH excluding ortho intramolecular Hbond substituents is 1. The van der Waals surface area contributed by atoms with E-state index in [1.165, 1.54) is 26.4 Å². The van der Waals surface area contributed by atoms with Crippen LogP contribution in [0.25, 0.3) is 6.08 Å². The molecule has 1 aromatic rings. The summed E-state index contributed by atoms with van der Waals surface area (Å²) in [5.74, 6) is 0.287. The molecule has 0 aliphatic rings. The molecule has 0 atom stereocenters. The number of aromatic hydroxyl groups is 1. The van der Waals surface area contributed by atoms with E-state index in [0.29, 0.717) is 5.75 Å². The largest absolute Gasteiger partial charge is 0.504 e. The standard InChI is InChI=1S/C10H10ClNO5/c1-16-7-3-6(4-9(11)12(14)15)10(13)8(5-7)17-2/h3-5,13H,1-2H3/b9-4+. The Balaban J connectivity index is 3.32. The third kappa shape index (κ3) is 3.01. The van der Waals surface area contributed by atoms with E-state index in [4.69, 9.17) is 21.1 Å². The van der Waals surface area contributed by atoms with Gasteiger partial charge in [-0.15, -0.1) is 0 Å². The van der Waals surface area contributed by atoms with Crippen LogP contribution in [0.5, 0.6) is 17.2 Å². The number of nitrogens with zero attached hydrogens (tertiary/aromatic N) is 1. The molecule has 92 valence electrons. The Bertz CT molecular complexity index is 472. The predicted molar refractivity (Wildman–Crippen MR) is 62.0 cm³/mol. The smallest absolute Gasteiger partial charge is 0.337 e. The topological polar surface area (TPSA) is 81.8 Å². The molecule has 0 saturated heterocycles. The van der Waals surface area contributed by atoms with Crippen molar-refractivity contribution in [1.82, 2.24) is 0 Å². The molecule has 6 nitrogen and oxygen atoms in total. The number of methoxy groups -OCH3 is 2. The lowest BCUT2D eigenvalue weighted by Gasteiger charge is -2.08. The molecule has 0 amide bonds. The van der Waals surface area contributed by atoms with Crippen molar-refractivity contribution in [2.24, 2.45) is 0 Å². The third-order valence-corrected chi connectivity index (χ3v) is 2.23. The van der Waals surface area contributed by atoms with Crippen LogP contribution in [0.2, 0.25) is 0 Å². The first-order valence-electron chi connectivity index (χ1n) is 4.46. The van der Waals surface area contributed by atoms with Crippen LogP contribution in [0.1, 0.15) is 5.56 Å². The van der Waals surface area contributed by atoms with Crippen LogP contribution >= 0.6 is 11.6 Å². The lowest BCUT2D eigenvalue weighted by molar-refractivity contribution is -0.410. The summed E-state index contributed by atoms with van der Waals surface area (Å²) < 4.78 is 9.86. The lowest BCUT2D eigenvalue weighted by Crippen LogP contribution is -1.93. The maximum Gasteiger partial charge on any atom is 0.337 e. The van der Waals surface area contributed by atoms with Gasteiger partial charge in [-0.25, -0.2) is 0 Å². The summed E-state index contributed by atoms with van der Waals surface area (Å²) in [6.07, 6.45) is 1.02. The minimum absolute atomic E-state index is 0.142. The molecule has 0 radical (unpaired) electrons. The summed E-state index contributed by atoms with van der Waals surface area (Å²) in [6, 6.07) is 2.86. The summed E-state index contributed by atoms with van der Waals surface area (Å²) in [4.78, 5) is 9.61. The maximum atomic E-state index is 10.4. The van der Waals surface area contributed by atoms with E-state index < -0.39 is 10.1 Å². The van der Waals surface area contributed by atoms with Crippen molar-refractivity contribution in [2.45, 2.75) is 0 Å². The van der Waals surface area contributed by atoms with Crippen molar-refractivity contribution >= 4 is 17.7 Å². The number of phenols is 1. The van der Waals surface area contributed by atoms with Crippen molar-refractivity contribution in [2.75, 3.05) is 14.2 Å². The highest BCUT2D eigenvalue weighted by atomic mass is 35.5. The monoisotopic (exact) mass is 259 g/mol. The summed E-state index contributed by atoms with van der Waals surface area (Å²) in [6.45, 7) is 0. The van der Waals surface area contributed by atoms with Crippen molar-refractivity contribution in [1.29, 1.82) is 0 Å². The molecular weight excluding hydrogens is 250 g/mol. The fourth-order valence-electron chi connectivity index (χ4n) is 1.17. The second-order valence-corrected chi connectivity index (χ2v) is 3.38. The van der Waals surface area contributed by atoms with E-state index in [1.54, 1.807) is 0 Å². The first-order valence-corrected chi connectivity index (χ1v) is 4.84. The van der Waals surface area contributed by atoms with E-state index in [9.17, 15) is 15.2 Å². The fraction of sp³-hybridized carbons (Fsp3) is 0.200. The van der Waals surface area contributed by atoms with Crippen molar-refractivity contribution in [3.05, 3.63) is 33.0 Å². The summed E-state index contributed by atoms with van der Waals surface area (Å²) in [7, 11) is 2.78. The maximum absolute atomic E-state index is 10.4. The van der Waals surface area contributed by atoms with Gasteiger partial charge in [0.15, 0.2) is 11.5 Å². The van der Waals surface area contributed by atoms with Crippen LogP contribution in [-0.2, 0) is 0 Å². The van der Waals surface area contributed by atoms with Gasteiger partial charge in [0.2, 0.25) is 0 Å². The summed E-state index contributed by atoms with van der Waals surface area (Å²) in [5.41, 5.74) is 0.142. The van der Waals surface area contributed by atoms with Crippen molar-refractivity contribution in [3.8, 4) is 17.2 Å². The van der Waals surface area contributed by atoms with E-state index in [0.717, 1.165) is 6.08 Å². The zero-order valence-corrected chi connectivity index (χ0v) is 9.89. The van der Waals surface area contributed by atoms with Crippen LogP contribution in [0.3, 0.4) is 0 Å². The van der Waals surface area contributed by atoms with E-state index in [1.807, 2.05) is 0 Å². The Labute approximate surface area is 102 Å². The van der Waals surface area contributed by atoms with Gasteiger partial charge in [-0.3, -0.25) is 10.1 Å². The van der Waals surface area contributed by atoms with Crippen molar-refractivity contribution < 1.29 is 19.5 Å². The molecule has 1 rings (SSSR count). The molecule has 0 aromatic heterocycles. The highest BCUT2D eigenvalue weighted by molar-refractivity contribution is 6.29. The Kier molecular flexibility index (Phi) is 4.17. The number of halogens is 1. The van der Waals surface area contributed by atoms with Gasteiger partial charge < -0.3 is 14.6 Å². The Morgan fingerprint density at radius 1 is 1.47 bits per heavy atom. The minimum Gasteiger partial charge on any atom is -0.504 e. The number of hydrogen-bond donors (Lipinski definition) is 1. The SMILES string of the molecule is COc1cc(/C=C(\Cl)[N+](=O)[O-])c(O)c(OC)c1. The first-order chi connectivity index (χ1) is 7.99. The van der Waals surface area contributed by atoms with Crippen LogP contribution in [-0.4, -0.2) is 24.2 Å². The van der Waals surface area contributed by atoms with Crippen molar-refractivity contribution in [3.63, 3.8) is 0 Å². The van der Waals surface area contributed by atoms with Gasteiger partial charge in [-0.05, 0) is 17.7 Å². The lowest BCUT2D eigenvalue weighted by atomic mass is 10.1. The van der Waals surface area contributed by atoms with Gasteiger partial charge in [-0.1, -0.05) is 0 Å². The predicted octanol–water partition coefficient (Wildman–Crippen LogP) is 2.22. The quantitative estimate of drug-likeness (QED) is 0.509. The number of benzene rings is 1. The fourth-order valence-corrected chi connectivity index (χ4v) is 1.29. The zero-order valence-electron chi connectivity index (χ0n) is 9.14. The number of rotatable bonds is 4. The van der Waals surface area contributed by atoms with Gasteiger partial charge in [0.05, 0.1) is 19.1 Å². The van der Waals surface area contributed by atoms with Gasteiger partial charge >= 0.3 is 5.16 Å². The molecule has 1 N–H and O–H groups in total. The molecular formula is C10H10ClNO5. The van der Waals surface area contributed by atoms with Crippen LogP contribution in [0.4, 0.5) is 0 Å². The highest BCUT2D eigenvalue weighted by Gasteiger charge is 2.13. The summed E-state index contributed by atoms with van der Waals surface area (Å²) in [5, 5.41) is 19.5. The highest BCUT2D eigenvalue weighted by Crippen LogP contribution is 2.36. The molecule has 0 saturated carbocycles. The van der Waals surface area contributed by atoms with Crippen LogP contribution < -0.4 is 9.47 Å². The molecule has 0 aliphatic heterocycles.